The first-order chi connectivity index (χ1) is 5.83. The maximum absolute atomic E-state index is 10.0. The van der Waals surface area contributed by atoms with E-state index in [9.17, 15) is 4.57 Å². The van der Waals surface area contributed by atoms with Crippen LogP contribution in [0.1, 0.15) is 5.56 Å². The van der Waals surface area contributed by atoms with Gasteiger partial charge in [-0.15, -0.1) is 0 Å². The van der Waals surface area contributed by atoms with Crippen molar-refractivity contribution in [3.05, 3.63) is 41.9 Å². The second-order valence-electron chi connectivity index (χ2n) is 2.15. The van der Waals surface area contributed by atoms with Crippen LogP contribution in [0.4, 0.5) is 0 Å². The van der Waals surface area contributed by atoms with E-state index >= 15 is 0 Å². The van der Waals surface area contributed by atoms with Gasteiger partial charge in [-0.05, 0) is 5.56 Å². The molecule has 1 N–H and O–H groups in total. The molecule has 1 rings (SSSR count). The quantitative estimate of drug-likeness (QED) is 0.728. The summed E-state index contributed by atoms with van der Waals surface area (Å²) in [5, 5.41) is 8.69. The summed E-state index contributed by atoms with van der Waals surface area (Å²) in [5.74, 6) is 0. The van der Waals surface area contributed by atoms with Gasteiger partial charge >= 0.3 is 6.03 Å². The van der Waals surface area contributed by atoms with Crippen LogP contribution in [0.2, 0.25) is 0 Å². The molecule has 0 fully saturated rings. The van der Waals surface area contributed by atoms with Crippen molar-refractivity contribution in [2.24, 2.45) is 0 Å². The molecule has 4 heteroatoms. The minimum absolute atomic E-state index is 0.238. The van der Waals surface area contributed by atoms with Crippen molar-refractivity contribution >= 4 is 8.46 Å². The lowest BCUT2D eigenvalue weighted by Crippen LogP contribution is -1.94. The molecule has 0 amide bonds. The Balaban J connectivity index is 2.38. The van der Waals surface area contributed by atoms with Crippen molar-refractivity contribution in [3.63, 3.8) is 0 Å². The number of aliphatic hydroxyl groups excluding tert-OH is 1. The first kappa shape index (κ1) is 9.33. The van der Waals surface area contributed by atoms with Crippen LogP contribution in [0.15, 0.2) is 30.3 Å². The van der Waals surface area contributed by atoms with E-state index in [0.29, 0.717) is 0 Å². The highest BCUT2D eigenvalue weighted by molar-refractivity contribution is 7.27. The highest BCUT2D eigenvalue weighted by Crippen LogP contribution is 2.15. The lowest BCUT2D eigenvalue weighted by molar-refractivity contribution is 0.0436. The summed E-state index contributed by atoms with van der Waals surface area (Å²) in [4.78, 5) is 0. The van der Waals surface area contributed by atoms with Crippen LogP contribution in [0.3, 0.4) is 0 Å². The molecule has 0 saturated carbocycles. The van der Waals surface area contributed by atoms with E-state index in [-0.39, 0.29) is 6.61 Å². The van der Waals surface area contributed by atoms with E-state index in [1.807, 2.05) is 30.3 Å². The Bertz CT molecular complexity index is 237. The molecule has 0 aromatic heterocycles. The SMILES string of the molecule is O=P[C](O)OCc1ccccc1. The van der Waals surface area contributed by atoms with Gasteiger partial charge in [-0.3, -0.25) is 4.57 Å². The fourth-order valence-electron chi connectivity index (χ4n) is 0.748. The van der Waals surface area contributed by atoms with Gasteiger partial charge in [-0.1, -0.05) is 30.3 Å². The highest BCUT2D eigenvalue weighted by atomic mass is 31.1. The van der Waals surface area contributed by atoms with E-state index < -0.39 is 14.5 Å². The Morgan fingerprint density at radius 3 is 2.67 bits per heavy atom. The second kappa shape index (κ2) is 4.99. The molecule has 63 valence electrons. The number of hydrogen-bond donors (Lipinski definition) is 1. The van der Waals surface area contributed by atoms with Crippen molar-refractivity contribution in [3.8, 4) is 0 Å². The number of hydrogen-bond acceptors (Lipinski definition) is 3. The zero-order valence-electron chi connectivity index (χ0n) is 6.30. The maximum Gasteiger partial charge on any atom is 0.317 e. The van der Waals surface area contributed by atoms with Crippen molar-refractivity contribution in [1.82, 2.24) is 0 Å². The minimum atomic E-state index is -0.487. The predicted molar refractivity (Wildman–Crippen MR) is 44.0 cm³/mol. The molecule has 0 heterocycles. The summed E-state index contributed by atoms with van der Waals surface area (Å²) in [7, 11) is -0.486. The first-order valence-corrected chi connectivity index (χ1v) is 4.20. The van der Waals surface area contributed by atoms with Crippen molar-refractivity contribution in [1.29, 1.82) is 0 Å². The molecule has 0 spiro atoms. The molecule has 12 heavy (non-hydrogen) atoms. The van der Waals surface area contributed by atoms with Crippen molar-refractivity contribution < 1.29 is 14.4 Å². The molecule has 1 aromatic rings. The van der Waals surface area contributed by atoms with Gasteiger partial charge in [-0.25, -0.2) is 0 Å². The van der Waals surface area contributed by atoms with Gasteiger partial charge in [0.15, 0.2) is 0 Å². The van der Waals surface area contributed by atoms with Gasteiger partial charge in [-0.2, -0.15) is 0 Å². The Morgan fingerprint density at radius 1 is 1.42 bits per heavy atom. The molecule has 1 aromatic carbocycles. The molecule has 1 radical (unpaired) electrons. The summed E-state index contributed by atoms with van der Waals surface area (Å²) >= 11 is 0. The molecule has 0 atom stereocenters. The lowest BCUT2D eigenvalue weighted by atomic mass is 10.2. The van der Waals surface area contributed by atoms with Crippen LogP contribution in [-0.2, 0) is 15.9 Å². The van der Waals surface area contributed by atoms with Crippen molar-refractivity contribution in [2.45, 2.75) is 6.61 Å². The smallest absolute Gasteiger partial charge is 0.317 e. The topological polar surface area (TPSA) is 46.5 Å². The van der Waals surface area contributed by atoms with Gasteiger partial charge in [0, 0.05) is 0 Å². The Labute approximate surface area is 72.2 Å². The van der Waals surface area contributed by atoms with E-state index in [1.54, 1.807) is 0 Å². The molecule has 0 aliphatic heterocycles. The molecule has 0 saturated heterocycles. The summed E-state index contributed by atoms with van der Waals surface area (Å²) < 4.78 is 14.7. The van der Waals surface area contributed by atoms with E-state index in [1.165, 1.54) is 0 Å². The predicted octanol–water partition coefficient (Wildman–Crippen LogP) is 2.31. The fraction of sp³-hybridized carbons (Fsp3) is 0.125. The molecular formula is C8H8O3P. The van der Waals surface area contributed by atoms with Crippen LogP contribution in [0.5, 0.6) is 0 Å². The summed E-state index contributed by atoms with van der Waals surface area (Å²) in [5.41, 5.74) is 0.924. The van der Waals surface area contributed by atoms with Crippen LogP contribution in [0.25, 0.3) is 0 Å². The zero-order chi connectivity index (χ0) is 8.81. The van der Waals surface area contributed by atoms with E-state index in [2.05, 4.69) is 0 Å². The van der Waals surface area contributed by atoms with E-state index in [4.69, 9.17) is 9.84 Å². The average Bonchev–Trinajstić information content (AvgIpc) is 2.16. The van der Waals surface area contributed by atoms with Gasteiger partial charge in [0.05, 0.1) is 6.61 Å². The Hall–Kier alpha value is -0.760. The Kier molecular flexibility index (Phi) is 3.88. The zero-order valence-corrected chi connectivity index (χ0v) is 7.20. The fourth-order valence-corrected chi connectivity index (χ4v) is 0.866. The van der Waals surface area contributed by atoms with Crippen LogP contribution >= 0.6 is 8.46 Å². The second-order valence-corrected chi connectivity index (χ2v) is 2.71. The number of aliphatic hydroxyl groups is 1. The normalized spacial score (nSPS) is 10.8. The minimum Gasteiger partial charge on any atom is -0.351 e. The van der Waals surface area contributed by atoms with E-state index in [0.717, 1.165) is 5.56 Å². The molecule has 0 unspecified atom stereocenters. The van der Waals surface area contributed by atoms with Crippen LogP contribution in [-0.4, -0.2) is 5.11 Å². The third-order valence-electron chi connectivity index (χ3n) is 1.29. The maximum atomic E-state index is 10.0. The average molecular weight is 183 g/mol. The summed E-state index contributed by atoms with van der Waals surface area (Å²) in [6.07, 6.45) is 0. The number of benzene rings is 1. The summed E-state index contributed by atoms with van der Waals surface area (Å²) in [6.45, 7) is 0.238. The monoisotopic (exact) mass is 183 g/mol. The van der Waals surface area contributed by atoms with Crippen LogP contribution < -0.4 is 0 Å². The molecular weight excluding hydrogens is 175 g/mol. The molecule has 0 aliphatic carbocycles. The molecule has 0 aliphatic rings. The molecule has 0 bridgehead atoms. The first-order valence-electron chi connectivity index (χ1n) is 3.39. The van der Waals surface area contributed by atoms with Crippen molar-refractivity contribution in [2.75, 3.05) is 0 Å². The third kappa shape index (κ3) is 3.09. The van der Waals surface area contributed by atoms with Gasteiger partial charge in [0.2, 0.25) is 8.46 Å². The number of ether oxygens (including phenoxy) is 1. The standard InChI is InChI=1S/C8H8O3P/c9-8(12-10)11-6-7-4-2-1-3-5-7/h1-5,9H,6H2. The highest BCUT2D eigenvalue weighted by Gasteiger charge is 2.04. The number of rotatable bonds is 4. The van der Waals surface area contributed by atoms with Gasteiger partial charge in [0.1, 0.15) is 0 Å². The molecule has 3 nitrogen and oxygen atoms in total. The summed E-state index contributed by atoms with van der Waals surface area (Å²) in [6, 6.07) is 8.84. The largest absolute Gasteiger partial charge is 0.351 e. The lowest BCUT2D eigenvalue weighted by Gasteiger charge is -2.02. The van der Waals surface area contributed by atoms with Crippen LogP contribution in [0, 0.1) is 6.03 Å². The van der Waals surface area contributed by atoms with Gasteiger partial charge < -0.3 is 9.84 Å². The Morgan fingerprint density at radius 2 is 2.08 bits per heavy atom. The van der Waals surface area contributed by atoms with Gasteiger partial charge in [0.25, 0.3) is 0 Å². The third-order valence-corrected chi connectivity index (χ3v) is 1.57.